The molecule has 0 saturated carbocycles. The van der Waals surface area contributed by atoms with Crippen LogP contribution in [0.15, 0.2) is 49.3 Å². The average molecular weight is 481 g/mol. The smallest absolute Gasteiger partial charge is 0.246 e. The van der Waals surface area contributed by atoms with Crippen molar-refractivity contribution < 1.29 is 14.3 Å². The number of halogens is 1. The molecule has 0 aliphatic carbocycles. The number of likely N-dealkylation sites (tertiary alicyclic amines) is 1. The number of hydrogen-bond acceptors (Lipinski definition) is 8. The zero-order valence-electron chi connectivity index (χ0n) is 18.6. The van der Waals surface area contributed by atoms with Crippen molar-refractivity contribution in [3.05, 3.63) is 54.3 Å². The first-order valence-corrected chi connectivity index (χ1v) is 11.6. The average Bonchev–Trinajstić information content (AvgIpc) is 3.33. The number of rotatable bonds is 6. The highest BCUT2D eigenvalue weighted by molar-refractivity contribution is 6.33. The van der Waals surface area contributed by atoms with Crippen LogP contribution in [0.2, 0.25) is 5.02 Å². The Morgan fingerprint density at radius 2 is 2.06 bits per heavy atom. The van der Waals surface area contributed by atoms with E-state index in [-0.39, 0.29) is 12.0 Å². The summed E-state index contributed by atoms with van der Waals surface area (Å²) in [6, 6.07) is 9.47. The highest BCUT2D eigenvalue weighted by Crippen LogP contribution is 2.32. The molecule has 3 aromatic rings. The second kappa shape index (κ2) is 9.82. The van der Waals surface area contributed by atoms with Crippen molar-refractivity contribution in [2.45, 2.75) is 12.5 Å². The summed E-state index contributed by atoms with van der Waals surface area (Å²) < 4.78 is 11.5. The predicted octanol–water partition coefficient (Wildman–Crippen LogP) is 3.42. The van der Waals surface area contributed by atoms with E-state index in [2.05, 4.69) is 31.7 Å². The van der Waals surface area contributed by atoms with Gasteiger partial charge in [-0.15, -0.1) is 0 Å². The summed E-state index contributed by atoms with van der Waals surface area (Å²) >= 11 is 6.59. The van der Waals surface area contributed by atoms with Gasteiger partial charge < -0.3 is 24.6 Å². The van der Waals surface area contributed by atoms with Gasteiger partial charge in [-0.05, 0) is 30.3 Å². The maximum Gasteiger partial charge on any atom is 0.246 e. The molecular weight excluding hydrogens is 456 g/mol. The Hall–Kier alpha value is -3.43. The van der Waals surface area contributed by atoms with Gasteiger partial charge in [-0.2, -0.15) is 0 Å². The third-order valence-corrected chi connectivity index (χ3v) is 6.24. The van der Waals surface area contributed by atoms with Crippen molar-refractivity contribution in [2.75, 3.05) is 49.6 Å². The Morgan fingerprint density at radius 3 is 2.85 bits per heavy atom. The van der Waals surface area contributed by atoms with Crippen molar-refractivity contribution in [1.29, 1.82) is 0 Å². The van der Waals surface area contributed by atoms with Crippen LogP contribution in [0.1, 0.15) is 6.42 Å². The molecule has 2 saturated heterocycles. The molecule has 34 heavy (non-hydrogen) atoms. The minimum Gasteiger partial charge on any atom is -0.472 e. The SMILES string of the molecule is C=CC(=O)N1CC[C@H](Oc2ccc3ncnc(Nc4ccc(N5CCOCC5)c(Cl)c4)c3n2)C1. The number of carbonyl (C=O) groups is 1. The molecule has 9 nitrogen and oxygen atoms in total. The number of carbonyl (C=O) groups excluding carboxylic acids is 1. The Morgan fingerprint density at radius 1 is 1.21 bits per heavy atom. The third kappa shape index (κ3) is 4.76. The van der Waals surface area contributed by atoms with Gasteiger partial charge in [-0.3, -0.25) is 4.79 Å². The lowest BCUT2D eigenvalue weighted by Crippen LogP contribution is -2.36. The van der Waals surface area contributed by atoms with Crippen molar-refractivity contribution in [3.8, 4) is 5.88 Å². The molecule has 0 radical (unpaired) electrons. The zero-order chi connectivity index (χ0) is 23.5. The first-order chi connectivity index (χ1) is 16.6. The molecule has 2 fully saturated rings. The van der Waals surface area contributed by atoms with Gasteiger partial charge in [-0.1, -0.05) is 18.2 Å². The Kier molecular flexibility index (Phi) is 6.46. The van der Waals surface area contributed by atoms with Crippen LogP contribution in [-0.2, 0) is 9.53 Å². The normalized spacial score (nSPS) is 18.2. The largest absolute Gasteiger partial charge is 0.472 e. The summed E-state index contributed by atoms with van der Waals surface area (Å²) in [5.41, 5.74) is 3.06. The van der Waals surface area contributed by atoms with Crippen molar-refractivity contribution >= 4 is 45.7 Å². The number of fused-ring (bicyclic) bond motifs is 1. The number of nitrogens with one attached hydrogen (secondary N) is 1. The number of pyridine rings is 1. The molecule has 2 aromatic heterocycles. The third-order valence-electron chi connectivity index (χ3n) is 5.94. The quantitative estimate of drug-likeness (QED) is 0.536. The molecule has 0 unspecified atom stereocenters. The fraction of sp³-hybridized carbons (Fsp3) is 0.333. The first kappa shape index (κ1) is 22.4. The number of ether oxygens (including phenoxy) is 2. The fourth-order valence-electron chi connectivity index (χ4n) is 4.19. The van der Waals surface area contributed by atoms with E-state index in [4.69, 9.17) is 21.1 Å². The van der Waals surface area contributed by atoms with Gasteiger partial charge in [0.05, 0.1) is 36.0 Å². The maximum atomic E-state index is 11.8. The lowest BCUT2D eigenvalue weighted by Gasteiger charge is -2.29. The number of aromatic nitrogens is 3. The van der Waals surface area contributed by atoms with Crippen molar-refractivity contribution in [3.63, 3.8) is 0 Å². The Labute approximate surface area is 202 Å². The summed E-state index contributed by atoms with van der Waals surface area (Å²) in [6.07, 6.45) is 3.43. The number of morpholine rings is 1. The van der Waals surface area contributed by atoms with Gasteiger partial charge in [0.2, 0.25) is 11.8 Å². The zero-order valence-corrected chi connectivity index (χ0v) is 19.4. The molecule has 4 heterocycles. The number of hydrogen-bond donors (Lipinski definition) is 1. The van der Waals surface area contributed by atoms with Crippen LogP contribution in [-0.4, -0.2) is 71.3 Å². The summed E-state index contributed by atoms with van der Waals surface area (Å²) in [4.78, 5) is 29.1. The molecule has 2 aliphatic heterocycles. The maximum absolute atomic E-state index is 11.8. The van der Waals surface area contributed by atoms with E-state index in [0.717, 1.165) is 30.9 Å². The van der Waals surface area contributed by atoms with Crippen LogP contribution in [0.25, 0.3) is 11.0 Å². The Balaban J connectivity index is 1.34. The molecule has 1 aromatic carbocycles. The fourth-order valence-corrected chi connectivity index (χ4v) is 4.49. The number of anilines is 3. The summed E-state index contributed by atoms with van der Waals surface area (Å²) in [7, 11) is 0. The Bertz CT molecular complexity index is 1220. The topological polar surface area (TPSA) is 92.7 Å². The minimum absolute atomic E-state index is 0.0873. The molecule has 1 N–H and O–H groups in total. The van der Waals surface area contributed by atoms with Crippen molar-refractivity contribution in [2.24, 2.45) is 0 Å². The molecular formula is C24H25ClN6O3. The number of nitrogens with zero attached hydrogens (tertiary/aromatic N) is 5. The monoisotopic (exact) mass is 480 g/mol. The molecule has 1 amide bonds. The van der Waals surface area contributed by atoms with E-state index in [9.17, 15) is 4.79 Å². The van der Waals surface area contributed by atoms with Gasteiger partial charge >= 0.3 is 0 Å². The van der Waals surface area contributed by atoms with Crippen LogP contribution in [0.4, 0.5) is 17.2 Å². The number of benzene rings is 1. The van der Waals surface area contributed by atoms with Crippen LogP contribution in [0.5, 0.6) is 5.88 Å². The molecule has 2 aliphatic rings. The first-order valence-electron chi connectivity index (χ1n) is 11.2. The van der Waals surface area contributed by atoms with Gasteiger partial charge in [0.1, 0.15) is 17.9 Å². The van der Waals surface area contributed by atoms with Crippen LogP contribution >= 0.6 is 11.6 Å². The van der Waals surface area contributed by atoms with Crippen LogP contribution < -0.4 is 15.0 Å². The van der Waals surface area contributed by atoms with Crippen LogP contribution in [0, 0.1) is 0 Å². The molecule has 1 atom stereocenters. The summed E-state index contributed by atoms with van der Waals surface area (Å²) in [5.74, 6) is 0.931. The van der Waals surface area contributed by atoms with E-state index in [1.165, 1.54) is 12.4 Å². The van der Waals surface area contributed by atoms with E-state index in [1.807, 2.05) is 24.3 Å². The lowest BCUT2D eigenvalue weighted by molar-refractivity contribution is -0.125. The predicted molar refractivity (Wildman–Crippen MR) is 131 cm³/mol. The van der Waals surface area contributed by atoms with Crippen molar-refractivity contribution in [1.82, 2.24) is 19.9 Å². The number of amides is 1. The summed E-state index contributed by atoms with van der Waals surface area (Å²) in [6.45, 7) is 7.72. The van der Waals surface area contributed by atoms with Crippen LogP contribution in [0.3, 0.4) is 0 Å². The lowest BCUT2D eigenvalue weighted by atomic mass is 10.2. The van der Waals surface area contributed by atoms with E-state index in [1.54, 1.807) is 11.0 Å². The van der Waals surface area contributed by atoms with E-state index < -0.39 is 0 Å². The second-order valence-electron chi connectivity index (χ2n) is 8.15. The van der Waals surface area contributed by atoms with Gasteiger partial charge in [0.25, 0.3) is 0 Å². The van der Waals surface area contributed by atoms with E-state index >= 15 is 0 Å². The summed E-state index contributed by atoms with van der Waals surface area (Å²) in [5, 5.41) is 3.96. The molecule has 0 bridgehead atoms. The highest BCUT2D eigenvalue weighted by Gasteiger charge is 2.26. The van der Waals surface area contributed by atoms with Gasteiger partial charge in [0.15, 0.2) is 5.82 Å². The van der Waals surface area contributed by atoms with Gasteiger partial charge in [-0.25, -0.2) is 15.0 Å². The highest BCUT2D eigenvalue weighted by atomic mass is 35.5. The molecule has 176 valence electrons. The molecule has 10 heteroatoms. The molecule has 0 spiro atoms. The van der Waals surface area contributed by atoms with E-state index in [0.29, 0.717) is 54.1 Å². The molecule has 5 rings (SSSR count). The standard InChI is InChI=1S/C24H25ClN6O3/c1-2-22(32)31-8-7-17(14-31)34-21-6-4-19-23(29-21)24(27-15-26-19)28-16-3-5-20(18(25)13-16)30-9-11-33-12-10-30/h2-6,13,15,17H,1,7-12,14H2,(H,26,27,28)/t17-/m0/s1. The minimum atomic E-state index is -0.124. The van der Waals surface area contributed by atoms with Gasteiger partial charge in [0, 0.05) is 37.8 Å². The second-order valence-corrected chi connectivity index (χ2v) is 8.55.